The summed E-state index contributed by atoms with van der Waals surface area (Å²) in [6.07, 6.45) is 5.34. The smallest absolute Gasteiger partial charge is 0.184 e. The molecular weight excluding hydrogens is 331 g/mol. The highest BCUT2D eigenvalue weighted by Gasteiger charge is 2.20. The second-order valence-corrected chi connectivity index (χ2v) is 5.38. The topological polar surface area (TPSA) is 59.7 Å². The second kappa shape index (κ2) is 8.11. The van der Waals surface area contributed by atoms with Crippen LogP contribution in [-0.4, -0.2) is 22.9 Å². The van der Waals surface area contributed by atoms with E-state index < -0.39 is 11.9 Å². The Bertz CT molecular complexity index is 967. The summed E-state index contributed by atoms with van der Waals surface area (Å²) in [5.74, 6) is 0.193. The Kier molecular flexibility index (Phi) is 5.43. The third-order valence-electron chi connectivity index (χ3n) is 3.62. The van der Waals surface area contributed by atoms with Gasteiger partial charge in [0.2, 0.25) is 0 Å². The zero-order valence-corrected chi connectivity index (χ0v) is 14.2. The fraction of sp³-hybridized carbons (Fsp3) is 0.100. The molecule has 26 heavy (non-hydrogen) atoms. The highest BCUT2D eigenvalue weighted by molar-refractivity contribution is 5.79. The van der Waals surface area contributed by atoms with Crippen molar-refractivity contribution < 1.29 is 9.13 Å². The van der Waals surface area contributed by atoms with Gasteiger partial charge in [-0.1, -0.05) is 6.07 Å². The molecule has 3 rings (SSSR count). The van der Waals surface area contributed by atoms with Crippen LogP contribution in [0.4, 0.5) is 4.39 Å². The first-order chi connectivity index (χ1) is 12.7. The van der Waals surface area contributed by atoms with E-state index in [1.54, 1.807) is 25.4 Å². The van der Waals surface area contributed by atoms with Crippen molar-refractivity contribution in [1.29, 1.82) is 0 Å². The van der Waals surface area contributed by atoms with Gasteiger partial charge in [-0.15, -0.1) is 0 Å². The van der Waals surface area contributed by atoms with E-state index in [4.69, 9.17) is 4.74 Å². The summed E-state index contributed by atoms with van der Waals surface area (Å²) in [6, 6.07) is 12.3. The number of hydrogen-bond acceptors (Lipinski definition) is 5. The third-order valence-corrected chi connectivity index (χ3v) is 3.62. The van der Waals surface area contributed by atoms with Crippen LogP contribution in [0.1, 0.15) is 18.7 Å². The molecule has 0 saturated heterocycles. The molecule has 2 aromatic heterocycles. The van der Waals surface area contributed by atoms with Crippen LogP contribution in [0, 0.1) is 5.82 Å². The van der Waals surface area contributed by atoms with Gasteiger partial charge in [0, 0.05) is 17.8 Å². The molecule has 0 saturated carbocycles. The number of aliphatic imine (C=N–C) groups is 2. The molecule has 0 fully saturated rings. The summed E-state index contributed by atoms with van der Waals surface area (Å²) in [5, 5.41) is 0.946. The van der Waals surface area contributed by atoms with Crippen LogP contribution < -0.4 is 4.74 Å². The maximum absolute atomic E-state index is 13.3. The zero-order chi connectivity index (χ0) is 18.4. The zero-order valence-electron chi connectivity index (χ0n) is 14.2. The van der Waals surface area contributed by atoms with Gasteiger partial charge in [0.05, 0.1) is 23.6 Å². The van der Waals surface area contributed by atoms with Crippen molar-refractivity contribution in [2.45, 2.75) is 13.0 Å². The molecule has 5 nitrogen and oxygen atoms in total. The summed E-state index contributed by atoms with van der Waals surface area (Å²) in [6.45, 7) is 5.26. The number of fused-ring (bicyclic) bond motifs is 1. The van der Waals surface area contributed by atoms with Crippen molar-refractivity contribution in [3.05, 3.63) is 78.3 Å². The Morgan fingerprint density at radius 1 is 1.23 bits per heavy atom. The molecule has 0 aliphatic carbocycles. The Morgan fingerprint density at radius 2 is 2.12 bits per heavy atom. The number of halogens is 1. The van der Waals surface area contributed by atoms with Crippen LogP contribution in [0.5, 0.6) is 5.75 Å². The van der Waals surface area contributed by atoms with E-state index in [0.717, 1.165) is 17.1 Å². The maximum Gasteiger partial charge on any atom is 0.184 e. The Morgan fingerprint density at radius 3 is 2.85 bits per heavy atom. The van der Waals surface area contributed by atoms with Crippen molar-refractivity contribution in [1.82, 2.24) is 9.97 Å². The summed E-state index contributed by atoms with van der Waals surface area (Å²) in [4.78, 5) is 16.5. The second-order valence-electron chi connectivity index (χ2n) is 5.38. The number of rotatable bonds is 6. The molecule has 0 amide bonds. The van der Waals surface area contributed by atoms with Gasteiger partial charge in [0.25, 0.3) is 0 Å². The molecule has 1 atom stereocenters. The fourth-order valence-electron chi connectivity index (χ4n) is 2.49. The highest BCUT2D eigenvalue weighted by Crippen LogP contribution is 2.29. The number of ether oxygens (including phenoxy) is 1. The van der Waals surface area contributed by atoms with E-state index in [0.29, 0.717) is 17.1 Å². The SMILES string of the molecule is C=N/C=C(\N=CC)C(Oc1ccc2ncccc2c1)c1ccc(F)cn1. The molecule has 1 unspecified atom stereocenters. The average Bonchev–Trinajstić information content (AvgIpc) is 2.67. The lowest BCUT2D eigenvalue weighted by molar-refractivity contribution is 0.236. The van der Waals surface area contributed by atoms with Crippen LogP contribution in [0.25, 0.3) is 10.9 Å². The first-order valence-electron chi connectivity index (χ1n) is 7.98. The van der Waals surface area contributed by atoms with Crippen LogP contribution >= 0.6 is 0 Å². The van der Waals surface area contributed by atoms with Gasteiger partial charge in [-0.25, -0.2) is 4.39 Å². The summed E-state index contributed by atoms with van der Waals surface area (Å²) in [5.41, 5.74) is 1.89. The average molecular weight is 348 g/mol. The van der Waals surface area contributed by atoms with Crippen molar-refractivity contribution in [3.8, 4) is 5.75 Å². The number of nitrogens with zero attached hydrogens (tertiary/aromatic N) is 4. The van der Waals surface area contributed by atoms with Crippen molar-refractivity contribution >= 4 is 23.8 Å². The van der Waals surface area contributed by atoms with E-state index in [1.165, 1.54) is 12.3 Å². The van der Waals surface area contributed by atoms with Crippen molar-refractivity contribution in [2.24, 2.45) is 9.98 Å². The van der Waals surface area contributed by atoms with Crippen LogP contribution in [-0.2, 0) is 0 Å². The van der Waals surface area contributed by atoms with Gasteiger partial charge in [-0.05, 0) is 50.0 Å². The van der Waals surface area contributed by atoms with E-state index in [1.807, 2.05) is 30.3 Å². The Balaban J connectivity index is 2.02. The predicted octanol–water partition coefficient (Wildman–Crippen LogP) is 4.52. The van der Waals surface area contributed by atoms with E-state index >= 15 is 0 Å². The number of benzene rings is 1. The standard InChI is InChI=1S/C20H17FN4O/c1-3-23-19(13-22-2)20(18-8-6-15(21)12-25-18)26-16-7-9-17-14(11-16)5-4-10-24-17/h3-13,20H,2H2,1H3/b19-13-,23-3?. The number of hydrogen-bond donors (Lipinski definition) is 0. The lowest BCUT2D eigenvalue weighted by atomic mass is 10.1. The van der Waals surface area contributed by atoms with Gasteiger partial charge in [0.1, 0.15) is 17.3 Å². The minimum Gasteiger partial charge on any atom is -0.478 e. The lowest BCUT2D eigenvalue weighted by Crippen LogP contribution is -2.12. The third kappa shape index (κ3) is 3.97. The summed E-state index contributed by atoms with van der Waals surface area (Å²) in [7, 11) is 0. The number of aromatic nitrogens is 2. The maximum atomic E-state index is 13.3. The predicted molar refractivity (Wildman–Crippen MR) is 101 cm³/mol. The summed E-state index contributed by atoms with van der Waals surface area (Å²) >= 11 is 0. The first-order valence-corrected chi connectivity index (χ1v) is 7.98. The van der Waals surface area contributed by atoms with Gasteiger partial charge in [-0.3, -0.25) is 20.0 Å². The summed E-state index contributed by atoms with van der Waals surface area (Å²) < 4.78 is 19.4. The van der Waals surface area contributed by atoms with Crippen molar-refractivity contribution in [3.63, 3.8) is 0 Å². The molecule has 0 spiro atoms. The Hall–Kier alpha value is -3.41. The van der Waals surface area contributed by atoms with Gasteiger partial charge < -0.3 is 4.74 Å². The molecule has 0 aliphatic rings. The molecule has 130 valence electrons. The highest BCUT2D eigenvalue weighted by atomic mass is 19.1. The lowest BCUT2D eigenvalue weighted by Gasteiger charge is -2.19. The molecule has 1 aromatic carbocycles. The fourth-order valence-corrected chi connectivity index (χ4v) is 2.49. The van der Waals surface area contributed by atoms with Crippen LogP contribution in [0.2, 0.25) is 0 Å². The molecular formula is C20H17FN4O. The monoisotopic (exact) mass is 348 g/mol. The van der Waals surface area contributed by atoms with Gasteiger partial charge in [-0.2, -0.15) is 0 Å². The minimum atomic E-state index is -0.661. The molecule has 6 heteroatoms. The van der Waals surface area contributed by atoms with Gasteiger partial charge >= 0.3 is 0 Å². The molecule has 2 heterocycles. The molecule has 0 N–H and O–H groups in total. The molecule has 0 aliphatic heterocycles. The van der Waals surface area contributed by atoms with E-state index in [9.17, 15) is 4.39 Å². The van der Waals surface area contributed by atoms with Gasteiger partial charge in [0.15, 0.2) is 6.10 Å². The van der Waals surface area contributed by atoms with Crippen LogP contribution in [0.3, 0.4) is 0 Å². The number of pyridine rings is 2. The van der Waals surface area contributed by atoms with E-state index in [-0.39, 0.29) is 0 Å². The van der Waals surface area contributed by atoms with E-state index in [2.05, 4.69) is 26.7 Å². The first kappa shape index (κ1) is 17.4. The van der Waals surface area contributed by atoms with Crippen LogP contribution in [0.15, 0.2) is 76.7 Å². The normalized spacial score (nSPS) is 13.1. The molecule has 0 radical (unpaired) electrons. The largest absolute Gasteiger partial charge is 0.478 e. The molecule has 0 bridgehead atoms. The molecule has 3 aromatic rings. The quantitative estimate of drug-likeness (QED) is 0.615. The van der Waals surface area contributed by atoms with Crippen molar-refractivity contribution in [2.75, 3.05) is 0 Å². The minimum absolute atomic E-state index is 0.421. The Labute approximate surface area is 150 Å².